The first-order valence-corrected chi connectivity index (χ1v) is 13.3. The van der Waals surface area contributed by atoms with Crippen molar-refractivity contribution in [2.24, 2.45) is 5.92 Å². The molecule has 2 rings (SSSR count). The number of carbonyl (C=O) groups is 1. The monoisotopic (exact) mass is 485 g/mol. The molecule has 1 unspecified atom stereocenters. The van der Waals surface area contributed by atoms with Gasteiger partial charge in [-0.15, -0.1) is 11.3 Å². The number of methoxy groups -OCH3 is 1. The molecule has 1 atom stereocenters. The summed E-state index contributed by atoms with van der Waals surface area (Å²) in [6, 6.07) is 10.0. The van der Waals surface area contributed by atoms with Crippen molar-refractivity contribution in [2.75, 3.05) is 7.11 Å². The fourth-order valence-electron chi connectivity index (χ4n) is 3.25. The Hall–Kier alpha value is -1.41. The first kappa shape index (κ1) is 25.8. The molecule has 1 aromatic carbocycles. The summed E-state index contributed by atoms with van der Waals surface area (Å²) in [7, 11) is -2.25. The van der Waals surface area contributed by atoms with Crippen LogP contribution in [0.4, 0.5) is 0 Å². The van der Waals surface area contributed by atoms with Crippen LogP contribution in [0.3, 0.4) is 0 Å². The highest BCUT2D eigenvalue weighted by Gasteiger charge is 2.23. The number of halogens is 1. The molecule has 8 heteroatoms. The minimum atomic E-state index is -3.65. The van der Waals surface area contributed by atoms with Gasteiger partial charge in [0.15, 0.2) is 0 Å². The number of hydrogen-bond donors (Lipinski definition) is 1. The van der Waals surface area contributed by atoms with Crippen molar-refractivity contribution in [3.05, 3.63) is 51.2 Å². The summed E-state index contributed by atoms with van der Waals surface area (Å²) in [5, 5.41) is 0.502. The Balaban J connectivity index is 2.08. The van der Waals surface area contributed by atoms with Gasteiger partial charge in [-0.05, 0) is 68.0 Å². The molecular formula is C23H32ClNO4S2. The van der Waals surface area contributed by atoms with Gasteiger partial charge in [0, 0.05) is 21.2 Å². The van der Waals surface area contributed by atoms with Crippen molar-refractivity contribution in [1.82, 2.24) is 4.72 Å². The van der Waals surface area contributed by atoms with E-state index in [1.54, 1.807) is 23.5 Å². The number of benzene rings is 1. The lowest BCUT2D eigenvalue weighted by atomic mass is 10.0. The summed E-state index contributed by atoms with van der Waals surface area (Å²) in [6.45, 7) is 4.34. The Morgan fingerprint density at radius 2 is 1.77 bits per heavy atom. The number of unbranched alkanes of at least 4 members (excludes halogenated alkanes) is 1. The molecule has 0 aliphatic carbocycles. The first-order valence-electron chi connectivity index (χ1n) is 10.6. The number of hydrogen-bond acceptors (Lipinski definition) is 5. The SMILES string of the molecule is COC(=O)CCCCc1ccc(C(CCCC(C)C)NS(=O)(=O)c2ccc(Cl)cc2)s1. The van der Waals surface area contributed by atoms with Crippen LogP contribution in [0, 0.1) is 5.92 Å². The predicted octanol–water partition coefficient (Wildman–Crippen LogP) is 6.13. The number of nitrogens with one attached hydrogen (secondary N) is 1. The maximum Gasteiger partial charge on any atom is 0.305 e. The molecule has 0 aliphatic rings. The third kappa shape index (κ3) is 8.93. The number of ether oxygens (including phenoxy) is 1. The van der Waals surface area contributed by atoms with Crippen LogP contribution in [0.15, 0.2) is 41.3 Å². The summed E-state index contributed by atoms with van der Waals surface area (Å²) in [4.78, 5) is 13.7. The molecule has 0 fully saturated rings. The molecule has 31 heavy (non-hydrogen) atoms. The number of rotatable bonds is 13. The van der Waals surface area contributed by atoms with Gasteiger partial charge in [0.2, 0.25) is 10.0 Å². The highest BCUT2D eigenvalue weighted by atomic mass is 35.5. The summed E-state index contributed by atoms with van der Waals surface area (Å²) in [6.07, 6.45) is 5.69. The van der Waals surface area contributed by atoms with Crippen molar-refractivity contribution < 1.29 is 17.9 Å². The highest BCUT2D eigenvalue weighted by Crippen LogP contribution is 2.30. The molecule has 0 spiro atoms. The highest BCUT2D eigenvalue weighted by molar-refractivity contribution is 7.89. The Morgan fingerprint density at radius 3 is 2.42 bits per heavy atom. The second-order valence-corrected chi connectivity index (χ2v) is 11.4. The lowest BCUT2D eigenvalue weighted by molar-refractivity contribution is -0.140. The van der Waals surface area contributed by atoms with Gasteiger partial charge in [0.05, 0.1) is 18.0 Å². The second-order valence-electron chi connectivity index (χ2n) is 8.04. The van der Waals surface area contributed by atoms with E-state index in [9.17, 15) is 13.2 Å². The van der Waals surface area contributed by atoms with Crippen LogP contribution in [0.1, 0.15) is 68.2 Å². The Bertz CT molecular complexity index is 923. The minimum Gasteiger partial charge on any atom is -0.469 e. The van der Waals surface area contributed by atoms with Gasteiger partial charge in [-0.3, -0.25) is 4.79 Å². The normalized spacial score (nSPS) is 12.8. The number of aryl methyl sites for hydroxylation is 1. The van der Waals surface area contributed by atoms with E-state index in [1.807, 2.05) is 6.07 Å². The van der Waals surface area contributed by atoms with Gasteiger partial charge in [-0.25, -0.2) is 13.1 Å². The molecule has 0 radical (unpaired) electrons. The van der Waals surface area contributed by atoms with Crippen molar-refractivity contribution >= 4 is 38.9 Å². The molecule has 1 aromatic heterocycles. The average molecular weight is 486 g/mol. The van der Waals surface area contributed by atoms with Crippen LogP contribution in [0.5, 0.6) is 0 Å². The molecule has 1 heterocycles. The van der Waals surface area contributed by atoms with Crippen molar-refractivity contribution in [3.63, 3.8) is 0 Å². The van der Waals surface area contributed by atoms with Crippen LogP contribution in [0.2, 0.25) is 5.02 Å². The molecule has 2 aromatic rings. The van der Waals surface area contributed by atoms with E-state index in [0.717, 1.165) is 43.4 Å². The fraction of sp³-hybridized carbons (Fsp3) is 0.522. The Kier molecular flexibility index (Phi) is 10.5. The summed E-state index contributed by atoms with van der Waals surface area (Å²) in [5.74, 6) is 0.385. The maximum atomic E-state index is 12.9. The van der Waals surface area contributed by atoms with Crippen LogP contribution in [-0.2, 0) is 26.0 Å². The van der Waals surface area contributed by atoms with Gasteiger partial charge in [-0.2, -0.15) is 0 Å². The zero-order valence-corrected chi connectivity index (χ0v) is 20.8. The van der Waals surface area contributed by atoms with E-state index >= 15 is 0 Å². The maximum absolute atomic E-state index is 12.9. The van der Waals surface area contributed by atoms with Gasteiger partial charge >= 0.3 is 5.97 Å². The Morgan fingerprint density at radius 1 is 1.06 bits per heavy atom. The third-order valence-corrected chi connectivity index (χ3v) is 8.00. The smallest absolute Gasteiger partial charge is 0.305 e. The van der Waals surface area contributed by atoms with Crippen LogP contribution < -0.4 is 4.72 Å². The molecule has 0 saturated carbocycles. The molecule has 0 bridgehead atoms. The van der Waals surface area contributed by atoms with Crippen LogP contribution >= 0.6 is 22.9 Å². The number of esters is 1. The first-order chi connectivity index (χ1) is 14.7. The van der Waals surface area contributed by atoms with Gasteiger partial charge in [0.25, 0.3) is 0 Å². The number of sulfonamides is 1. The molecule has 0 amide bonds. The number of thiophene rings is 1. The topological polar surface area (TPSA) is 72.5 Å². The van der Waals surface area contributed by atoms with E-state index in [-0.39, 0.29) is 16.9 Å². The largest absolute Gasteiger partial charge is 0.469 e. The lowest BCUT2D eigenvalue weighted by Gasteiger charge is -2.18. The molecule has 0 saturated heterocycles. The quantitative estimate of drug-likeness (QED) is 0.273. The van der Waals surface area contributed by atoms with E-state index in [1.165, 1.54) is 24.1 Å². The van der Waals surface area contributed by atoms with Crippen LogP contribution in [0.25, 0.3) is 0 Å². The molecule has 0 aliphatic heterocycles. The predicted molar refractivity (Wildman–Crippen MR) is 127 cm³/mol. The molecule has 1 N–H and O–H groups in total. The van der Waals surface area contributed by atoms with Crippen LogP contribution in [-0.4, -0.2) is 21.5 Å². The fourth-order valence-corrected chi connectivity index (χ4v) is 5.84. The molecular weight excluding hydrogens is 454 g/mol. The van der Waals surface area contributed by atoms with Crippen molar-refractivity contribution in [1.29, 1.82) is 0 Å². The van der Waals surface area contributed by atoms with Gasteiger partial charge < -0.3 is 4.74 Å². The Labute approximate surface area is 195 Å². The second kappa shape index (κ2) is 12.6. The summed E-state index contributed by atoms with van der Waals surface area (Å²) in [5.41, 5.74) is 0. The van der Waals surface area contributed by atoms with E-state index in [2.05, 4.69) is 29.4 Å². The zero-order valence-electron chi connectivity index (χ0n) is 18.4. The lowest BCUT2D eigenvalue weighted by Crippen LogP contribution is -2.28. The van der Waals surface area contributed by atoms with E-state index < -0.39 is 10.0 Å². The minimum absolute atomic E-state index is 0.186. The third-order valence-electron chi connectivity index (χ3n) is 5.00. The average Bonchev–Trinajstić information content (AvgIpc) is 3.19. The van der Waals surface area contributed by atoms with E-state index in [4.69, 9.17) is 11.6 Å². The molecule has 172 valence electrons. The van der Waals surface area contributed by atoms with E-state index in [0.29, 0.717) is 17.4 Å². The number of carbonyl (C=O) groups excluding carboxylic acids is 1. The van der Waals surface area contributed by atoms with Gasteiger partial charge in [-0.1, -0.05) is 38.3 Å². The van der Waals surface area contributed by atoms with Crippen molar-refractivity contribution in [2.45, 2.75) is 69.7 Å². The summed E-state index contributed by atoms with van der Waals surface area (Å²) < 4.78 is 33.5. The summed E-state index contributed by atoms with van der Waals surface area (Å²) >= 11 is 7.54. The van der Waals surface area contributed by atoms with Crippen molar-refractivity contribution in [3.8, 4) is 0 Å². The molecule has 5 nitrogen and oxygen atoms in total. The van der Waals surface area contributed by atoms with Gasteiger partial charge in [0.1, 0.15) is 0 Å². The standard InChI is InChI=1S/C23H32ClNO4S2/c1-17(2)7-6-9-21(25-31(27,28)20-14-11-18(24)12-15-20)22-16-13-19(30-22)8-4-5-10-23(26)29-3/h11-17,21,25H,4-10H2,1-3H3. The zero-order chi connectivity index (χ0) is 22.9.